The molecule has 66 valence electrons. The summed E-state index contributed by atoms with van der Waals surface area (Å²) < 4.78 is 5.17. The second kappa shape index (κ2) is 3.52. The Labute approximate surface area is 68.5 Å². The minimum atomic E-state index is 0.373. The van der Waals surface area contributed by atoms with Crippen LogP contribution in [-0.4, -0.2) is 45.3 Å². The molecule has 1 aliphatic heterocycles. The number of nitrogens with zero attached hydrogens (tertiary/aromatic N) is 1. The van der Waals surface area contributed by atoms with Gasteiger partial charge in [0.05, 0.1) is 6.61 Å². The molecule has 0 aromatic rings. The van der Waals surface area contributed by atoms with E-state index in [4.69, 9.17) is 10.5 Å². The molecule has 3 nitrogen and oxygen atoms in total. The van der Waals surface area contributed by atoms with Crippen molar-refractivity contribution in [2.24, 2.45) is 11.1 Å². The molecule has 1 aliphatic rings. The van der Waals surface area contributed by atoms with Gasteiger partial charge in [-0.05, 0) is 20.0 Å². The second-order valence-electron chi connectivity index (χ2n) is 3.64. The molecule has 1 heterocycles. The Balaban J connectivity index is 2.33. The maximum Gasteiger partial charge on any atom is 0.0543 e. The summed E-state index contributed by atoms with van der Waals surface area (Å²) in [4.78, 5) is 2.30. The van der Waals surface area contributed by atoms with Crippen molar-refractivity contribution in [2.45, 2.75) is 6.42 Å². The molecule has 0 saturated carbocycles. The Morgan fingerprint density at radius 2 is 2.18 bits per heavy atom. The highest BCUT2D eigenvalue weighted by Gasteiger charge is 2.39. The van der Waals surface area contributed by atoms with E-state index in [1.54, 1.807) is 7.11 Å². The van der Waals surface area contributed by atoms with Crippen LogP contribution in [0.25, 0.3) is 0 Å². The zero-order valence-corrected chi connectivity index (χ0v) is 7.47. The lowest BCUT2D eigenvalue weighted by Gasteiger charge is -2.48. The van der Waals surface area contributed by atoms with Crippen LogP contribution in [0.2, 0.25) is 0 Å². The van der Waals surface area contributed by atoms with Crippen molar-refractivity contribution in [1.82, 2.24) is 4.90 Å². The van der Waals surface area contributed by atoms with E-state index in [2.05, 4.69) is 11.9 Å². The van der Waals surface area contributed by atoms with Crippen molar-refractivity contribution >= 4 is 0 Å². The normalized spacial score (nSPS) is 23.2. The Morgan fingerprint density at radius 3 is 2.55 bits per heavy atom. The fraction of sp³-hybridized carbons (Fsp3) is 1.00. The van der Waals surface area contributed by atoms with Crippen LogP contribution in [-0.2, 0) is 4.74 Å². The summed E-state index contributed by atoms with van der Waals surface area (Å²) in [6, 6.07) is 0. The second-order valence-corrected chi connectivity index (χ2v) is 3.64. The summed E-state index contributed by atoms with van der Waals surface area (Å²) in [5.74, 6) is 0. The van der Waals surface area contributed by atoms with Crippen LogP contribution in [0.5, 0.6) is 0 Å². The summed E-state index contributed by atoms with van der Waals surface area (Å²) in [6.07, 6.45) is 1.09. The lowest BCUT2D eigenvalue weighted by molar-refractivity contribution is -0.0441. The number of hydrogen-bond acceptors (Lipinski definition) is 3. The summed E-state index contributed by atoms with van der Waals surface area (Å²) in [5, 5.41) is 0. The predicted octanol–water partition coefficient (Wildman–Crippen LogP) is -0.0866. The smallest absolute Gasteiger partial charge is 0.0543 e. The molecule has 11 heavy (non-hydrogen) atoms. The SMILES string of the molecule is COCC1(CCN)CN(C)C1. The van der Waals surface area contributed by atoms with Crippen molar-refractivity contribution in [1.29, 1.82) is 0 Å². The van der Waals surface area contributed by atoms with E-state index in [-0.39, 0.29) is 0 Å². The van der Waals surface area contributed by atoms with Crippen LogP contribution in [0.15, 0.2) is 0 Å². The van der Waals surface area contributed by atoms with Gasteiger partial charge < -0.3 is 15.4 Å². The van der Waals surface area contributed by atoms with Gasteiger partial charge in [0, 0.05) is 25.6 Å². The van der Waals surface area contributed by atoms with Crippen LogP contribution in [0, 0.1) is 5.41 Å². The third kappa shape index (κ3) is 1.92. The van der Waals surface area contributed by atoms with Crippen LogP contribution in [0.3, 0.4) is 0 Å². The largest absolute Gasteiger partial charge is 0.384 e. The molecule has 0 spiro atoms. The quantitative estimate of drug-likeness (QED) is 0.621. The highest BCUT2D eigenvalue weighted by molar-refractivity contribution is 4.93. The zero-order valence-electron chi connectivity index (χ0n) is 7.47. The minimum Gasteiger partial charge on any atom is -0.384 e. The number of ether oxygens (including phenoxy) is 1. The number of nitrogens with two attached hydrogens (primary N) is 1. The summed E-state index contributed by atoms with van der Waals surface area (Å²) >= 11 is 0. The van der Waals surface area contributed by atoms with Crippen LogP contribution >= 0.6 is 0 Å². The molecule has 0 radical (unpaired) electrons. The predicted molar refractivity (Wildman–Crippen MR) is 45.5 cm³/mol. The lowest BCUT2D eigenvalue weighted by atomic mass is 9.78. The molecule has 0 aromatic carbocycles. The molecule has 1 fully saturated rings. The third-order valence-corrected chi connectivity index (χ3v) is 2.34. The molecule has 0 atom stereocenters. The monoisotopic (exact) mass is 158 g/mol. The molecular formula is C8H18N2O. The van der Waals surface area contributed by atoms with Crippen molar-refractivity contribution in [3.8, 4) is 0 Å². The molecule has 0 amide bonds. The highest BCUT2D eigenvalue weighted by Crippen LogP contribution is 2.32. The van der Waals surface area contributed by atoms with Gasteiger partial charge in [0.25, 0.3) is 0 Å². The number of rotatable bonds is 4. The fourth-order valence-electron chi connectivity index (χ4n) is 2.03. The fourth-order valence-corrected chi connectivity index (χ4v) is 2.03. The van der Waals surface area contributed by atoms with Crippen molar-refractivity contribution in [3.63, 3.8) is 0 Å². The number of hydrogen-bond donors (Lipinski definition) is 1. The highest BCUT2D eigenvalue weighted by atomic mass is 16.5. The molecule has 3 heteroatoms. The van der Waals surface area contributed by atoms with E-state index in [1.807, 2.05) is 0 Å². The number of methoxy groups -OCH3 is 1. The lowest BCUT2D eigenvalue weighted by Crippen LogP contribution is -2.57. The average Bonchev–Trinajstić information content (AvgIpc) is 1.86. The van der Waals surface area contributed by atoms with Crippen molar-refractivity contribution in [3.05, 3.63) is 0 Å². The van der Waals surface area contributed by atoms with Crippen LogP contribution < -0.4 is 5.73 Å². The van der Waals surface area contributed by atoms with Gasteiger partial charge in [-0.15, -0.1) is 0 Å². The first kappa shape index (κ1) is 8.97. The Kier molecular flexibility index (Phi) is 2.87. The van der Waals surface area contributed by atoms with Crippen molar-refractivity contribution < 1.29 is 4.74 Å². The van der Waals surface area contributed by atoms with Gasteiger partial charge in [0.1, 0.15) is 0 Å². The minimum absolute atomic E-state index is 0.373. The van der Waals surface area contributed by atoms with E-state index in [0.29, 0.717) is 5.41 Å². The first-order chi connectivity index (χ1) is 5.22. The molecule has 2 N–H and O–H groups in total. The first-order valence-corrected chi connectivity index (χ1v) is 4.10. The van der Waals surface area contributed by atoms with Gasteiger partial charge >= 0.3 is 0 Å². The van der Waals surface area contributed by atoms with E-state index in [0.717, 1.165) is 32.7 Å². The summed E-state index contributed by atoms with van der Waals surface area (Å²) in [5.41, 5.74) is 5.90. The van der Waals surface area contributed by atoms with Crippen LogP contribution in [0.1, 0.15) is 6.42 Å². The Hall–Kier alpha value is -0.120. The van der Waals surface area contributed by atoms with Crippen LogP contribution in [0.4, 0.5) is 0 Å². The first-order valence-electron chi connectivity index (χ1n) is 4.10. The molecular weight excluding hydrogens is 140 g/mol. The van der Waals surface area contributed by atoms with E-state index in [1.165, 1.54) is 0 Å². The Morgan fingerprint density at radius 1 is 1.55 bits per heavy atom. The van der Waals surface area contributed by atoms with Gasteiger partial charge in [0.2, 0.25) is 0 Å². The topological polar surface area (TPSA) is 38.5 Å². The maximum atomic E-state index is 5.53. The maximum absolute atomic E-state index is 5.53. The van der Waals surface area contributed by atoms with E-state index in [9.17, 15) is 0 Å². The number of likely N-dealkylation sites (tertiary alicyclic amines) is 1. The van der Waals surface area contributed by atoms with Gasteiger partial charge in [-0.2, -0.15) is 0 Å². The molecule has 0 bridgehead atoms. The van der Waals surface area contributed by atoms with Gasteiger partial charge in [0.15, 0.2) is 0 Å². The molecule has 0 aliphatic carbocycles. The van der Waals surface area contributed by atoms with Gasteiger partial charge in [-0.25, -0.2) is 0 Å². The van der Waals surface area contributed by atoms with Gasteiger partial charge in [-0.1, -0.05) is 0 Å². The summed E-state index contributed by atoms with van der Waals surface area (Å²) in [6.45, 7) is 3.90. The molecule has 1 saturated heterocycles. The van der Waals surface area contributed by atoms with Crippen molar-refractivity contribution in [2.75, 3.05) is 40.4 Å². The van der Waals surface area contributed by atoms with Gasteiger partial charge in [-0.3, -0.25) is 0 Å². The Bertz CT molecular complexity index is 106. The van der Waals surface area contributed by atoms with E-state index < -0.39 is 0 Å². The molecule has 0 unspecified atom stereocenters. The molecule has 0 aromatic heterocycles. The van der Waals surface area contributed by atoms with E-state index >= 15 is 0 Å². The molecule has 1 rings (SSSR count). The standard InChI is InChI=1S/C8H18N2O/c1-10-5-8(6-10,3-4-9)7-11-2/h3-7,9H2,1-2H3. The third-order valence-electron chi connectivity index (χ3n) is 2.34. The summed E-state index contributed by atoms with van der Waals surface area (Å²) in [7, 11) is 3.89. The zero-order chi connectivity index (χ0) is 8.32. The average molecular weight is 158 g/mol.